The molecule has 2 rings (SSSR count). The highest BCUT2D eigenvalue weighted by atomic mass is 127. The molecule has 1 heterocycles. The first-order valence-corrected chi connectivity index (χ1v) is 8.69. The average molecular weight is 396 g/mol. The zero-order chi connectivity index (χ0) is 13.7. The van der Waals surface area contributed by atoms with Crippen molar-refractivity contribution in [1.29, 1.82) is 0 Å². The van der Waals surface area contributed by atoms with Gasteiger partial charge < -0.3 is 4.74 Å². The van der Waals surface area contributed by atoms with Gasteiger partial charge in [0.15, 0.2) is 0 Å². The van der Waals surface area contributed by atoms with Crippen LogP contribution in [0.1, 0.15) is 0 Å². The van der Waals surface area contributed by atoms with Gasteiger partial charge in [0.2, 0.25) is 10.0 Å². The van der Waals surface area contributed by atoms with Gasteiger partial charge in [-0.05, 0) is 40.8 Å². The lowest BCUT2D eigenvalue weighted by molar-refractivity contribution is 0.0390. The molecule has 1 aliphatic rings. The van der Waals surface area contributed by atoms with Gasteiger partial charge in [-0.3, -0.25) is 4.90 Å². The molecule has 0 radical (unpaired) electrons. The summed E-state index contributed by atoms with van der Waals surface area (Å²) in [4.78, 5) is 2.52. The van der Waals surface area contributed by atoms with Crippen molar-refractivity contribution in [1.82, 2.24) is 9.62 Å². The number of hydrogen-bond donors (Lipinski definition) is 1. The first-order valence-electron chi connectivity index (χ1n) is 6.13. The normalized spacial score (nSPS) is 17.5. The fourth-order valence-electron chi connectivity index (χ4n) is 1.88. The minimum Gasteiger partial charge on any atom is -0.379 e. The molecule has 0 aliphatic carbocycles. The molecule has 7 heteroatoms. The van der Waals surface area contributed by atoms with E-state index < -0.39 is 10.0 Å². The van der Waals surface area contributed by atoms with Crippen LogP contribution in [0, 0.1) is 3.57 Å². The van der Waals surface area contributed by atoms with Gasteiger partial charge in [-0.1, -0.05) is 6.07 Å². The lowest BCUT2D eigenvalue weighted by Crippen LogP contribution is -2.41. The second-order valence-corrected chi connectivity index (χ2v) is 7.32. The number of nitrogens with one attached hydrogen (secondary N) is 1. The molecule has 0 atom stereocenters. The fraction of sp³-hybridized carbons (Fsp3) is 0.500. The van der Waals surface area contributed by atoms with E-state index in [1.54, 1.807) is 18.2 Å². The fourth-order valence-corrected chi connectivity index (χ4v) is 3.70. The highest BCUT2D eigenvalue weighted by molar-refractivity contribution is 14.1. The van der Waals surface area contributed by atoms with Crippen molar-refractivity contribution in [2.24, 2.45) is 0 Å². The molecule has 0 spiro atoms. The minimum absolute atomic E-state index is 0.321. The molecule has 0 aromatic heterocycles. The van der Waals surface area contributed by atoms with Gasteiger partial charge in [0.1, 0.15) is 0 Å². The van der Waals surface area contributed by atoms with Crippen LogP contribution in [0.25, 0.3) is 0 Å². The topological polar surface area (TPSA) is 58.6 Å². The molecular weight excluding hydrogens is 379 g/mol. The zero-order valence-corrected chi connectivity index (χ0v) is 13.5. The first kappa shape index (κ1) is 15.2. The van der Waals surface area contributed by atoms with E-state index >= 15 is 0 Å². The van der Waals surface area contributed by atoms with Crippen LogP contribution in [0.3, 0.4) is 0 Å². The summed E-state index contributed by atoms with van der Waals surface area (Å²) >= 11 is 2.10. The van der Waals surface area contributed by atoms with Gasteiger partial charge in [0.05, 0.1) is 18.1 Å². The van der Waals surface area contributed by atoms with Crippen LogP contribution in [0.2, 0.25) is 0 Å². The third-order valence-electron chi connectivity index (χ3n) is 2.93. The zero-order valence-electron chi connectivity index (χ0n) is 10.5. The Morgan fingerprint density at radius 1 is 1.32 bits per heavy atom. The Hall–Kier alpha value is -0.220. The quantitative estimate of drug-likeness (QED) is 0.752. The van der Waals surface area contributed by atoms with E-state index in [1.807, 2.05) is 6.07 Å². The number of sulfonamides is 1. The number of halogens is 1. The monoisotopic (exact) mass is 396 g/mol. The maximum absolute atomic E-state index is 12.1. The summed E-state index contributed by atoms with van der Waals surface area (Å²) in [5.74, 6) is 0. The van der Waals surface area contributed by atoms with Crippen molar-refractivity contribution in [3.05, 3.63) is 27.8 Å². The Morgan fingerprint density at radius 3 is 2.74 bits per heavy atom. The van der Waals surface area contributed by atoms with Crippen molar-refractivity contribution in [2.45, 2.75) is 4.90 Å². The Bertz CT molecular complexity index is 515. The highest BCUT2D eigenvalue weighted by Gasteiger charge is 2.15. The molecular formula is C12H17IN2O3S. The molecule has 5 nitrogen and oxygen atoms in total. The Morgan fingerprint density at radius 2 is 2.05 bits per heavy atom. The molecule has 0 amide bonds. The molecule has 1 N–H and O–H groups in total. The van der Waals surface area contributed by atoms with Gasteiger partial charge in [-0.15, -0.1) is 0 Å². The Kier molecular flexibility index (Phi) is 5.58. The average Bonchev–Trinajstić information content (AvgIpc) is 2.40. The van der Waals surface area contributed by atoms with E-state index in [9.17, 15) is 8.42 Å². The summed E-state index contributed by atoms with van der Waals surface area (Å²) in [7, 11) is -3.40. The molecule has 0 bridgehead atoms. The van der Waals surface area contributed by atoms with Crippen LogP contribution in [0.5, 0.6) is 0 Å². The van der Waals surface area contributed by atoms with E-state index in [0.29, 0.717) is 18.0 Å². The summed E-state index contributed by atoms with van der Waals surface area (Å²) in [6, 6.07) is 6.89. The van der Waals surface area contributed by atoms with Crippen molar-refractivity contribution < 1.29 is 13.2 Å². The van der Waals surface area contributed by atoms with Gasteiger partial charge in [-0.25, -0.2) is 13.1 Å². The summed E-state index contributed by atoms with van der Waals surface area (Å²) in [6.07, 6.45) is 0. The van der Waals surface area contributed by atoms with E-state index in [2.05, 4.69) is 32.2 Å². The van der Waals surface area contributed by atoms with E-state index in [-0.39, 0.29) is 0 Å². The standard InChI is InChI=1S/C12H17IN2O3S/c13-11-2-1-3-12(10-11)19(16,17)14-4-5-15-6-8-18-9-7-15/h1-3,10,14H,4-9H2. The number of benzene rings is 1. The predicted molar refractivity (Wildman–Crippen MR) is 81.6 cm³/mol. The van der Waals surface area contributed by atoms with Crippen molar-refractivity contribution in [3.63, 3.8) is 0 Å². The second-order valence-electron chi connectivity index (χ2n) is 4.31. The van der Waals surface area contributed by atoms with E-state index in [0.717, 1.165) is 29.9 Å². The SMILES string of the molecule is O=S(=O)(NCCN1CCOCC1)c1cccc(I)c1. The molecule has 0 saturated carbocycles. The lowest BCUT2D eigenvalue weighted by Gasteiger charge is -2.26. The van der Waals surface area contributed by atoms with Gasteiger partial charge in [0, 0.05) is 29.7 Å². The molecule has 0 unspecified atom stereocenters. The van der Waals surface area contributed by atoms with Crippen LogP contribution in [0.15, 0.2) is 29.2 Å². The molecule has 1 fully saturated rings. The van der Waals surface area contributed by atoms with Gasteiger partial charge >= 0.3 is 0 Å². The maximum Gasteiger partial charge on any atom is 0.240 e. The Labute approximate surface area is 127 Å². The number of hydrogen-bond acceptors (Lipinski definition) is 4. The third-order valence-corrected chi connectivity index (χ3v) is 5.06. The molecule has 1 aromatic carbocycles. The van der Waals surface area contributed by atoms with Crippen LogP contribution < -0.4 is 4.72 Å². The number of nitrogens with zero attached hydrogens (tertiary/aromatic N) is 1. The van der Waals surface area contributed by atoms with E-state index in [4.69, 9.17) is 4.74 Å². The Balaban J connectivity index is 1.87. The lowest BCUT2D eigenvalue weighted by atomic mass is 10.4. The predicted octanol–water partition coefficient (Wildman–Crippen LogP) is 0.902. The van der Waals surface area contributed by atoms with E-state index in [1.165, 1.54) is 0 Å². The minimum atomic E-state index is -3.40. The van der Waals surface area contributed by atoms with Crippen LogP contribution >= 0.6 is 22.6 Å². The van der Waals surface area contributed by atoms with Crippen LogP contribution in [-0.2, 0) is 14.8 Å². The van der Waals surface area contributed by atoms with Crippen LogP contribution in [-0.4, -0.2) is 52.7 Å². The first-order chi connectivity index (χ1) is 9.08. The molecule has 1 aromatic rings. The summed E-state index contributed by atoms with van der Waals surface area (Å²) in [5.41, 5.74) is 0. The molecule has 106 valence electrons. The molecule has 19 heavy (non-hydrogen) atoms. The summed E-state index contributed by atoms with van der Waals surface area (Å²) in [6.45, 7) is 4.32. The molecule has 1 aliphatic heterocycles. The van der Waals surface area contributed by atoms with Gasteiger partial charge in [0.25, 0.3) is 0 Å². The third kappa shape index (κ3) is 4.67. The number of morpholine rings is 1. The molecule has 1 saturated heterocycles. The number of ether oxygens (including phenoxy) is 1. The summed E-state index contributed by atoms with van der Waals surface area (Å²) in [5, 5.41) is 0. The van der Waals surface area contributed by atoms with Crippen molar-refractivity contribution >= 4 is 32.6 Å². The highest BCUT2D eigenvalue weighted by Crippen LogP contribution is 2.12. The smallest absolute Gasteiger partial charge is 0.240 e. The van der Waals surface area contributed by atoms with Crippen molar-refractivity contribution in [2.75, 3.05) is 39.4 Å². The van der Waals surface area contributed by atoms with Crippen LogP contribution in [0.4, 0.5) is 0 Å². The summed E-state index contributed by atoms with van der Waals surface area (Å²) < 4.78 is 32.9. The van der Waals surface area contributed by atoms with Gasteiger partial charge in [-0.2, -0.15) is 0 Å². The number of rotatable bonds is 5. The maximum atomic E-state index is 12.1. The second kappa shape index (κ2) is 6.98. The largest absolute Gasteiger partial charge is 0.379 e. The van der Waals surface area contributed by atoms with Crippen molar-refractivity contribution in [3.8, 4) is 0 Å².